The van der Waals surface area contributed by atoms with Crippen molar-refractivity contribution in [2.24, 2.45) is 0 Å². The van der Waals surface area contributed by atoms with Crippen LogP contribution in [-0.4, -0.2) is 9.97 Å². The third-order valence-electron chi connectivity index (χ3n) is 4.50. The molecule has 5 aromatic rings. The Kier molecular flexibility index (Phi) is 5.21. The summed E-state index contributed by atoms with van der Waals surface area (Å²) in [5.74, 6) is 1.29. The Balaban J connectivity index is 0.000000294. The molecular formula is C24H20N4O. The van der Waals surface area contributed by atoms with Crippen molar-refractivity contribution in [2.75, 3.05) is 11.5 Å². The molecule has 5 nitrogen and oxygen atoms in total. The number of nitrogen functional groups attached to an aromatic ring is 2. The minimum absolute atomic E-state index is 0.594. The predicted octanol–water partition coefficient (Wildman–Crippen LogP) is 5.43. The van der Waals surface area contributed by atoms with Crippen molar-refractivity contribution in [1.82, 2.24) is 9.97 Å². The number of ether oxygens (including phenoxy) is 1. The molecule has 0 spiro atoms. The largest absolute Gasteiger partial charge is 0.452 e. The number of fused-ring (bicyclic) bond motifs is 2. The quantitative estimate of drug-likeness (QED) is 0.399. The SMILES string of the molecule is Nc1ccc2ccccc2c1Oc1c(N)ccc2ccccc12.c1cncnc1. The Bertz CT molecular complexity index is 1150. The number of benzene rings is 4. The molecule has 0 aliphatic carbocycles. The summed E-state index contributed by atoms with van der Waals surface area (Å²) >= 11 is 0. The second kappa shape index (κ2) is 8.27. The van der Waals surface area contributed by atoms with Crippen LogP contribution >= 0.6 is 0 Å². The highest BCUT2D eigenvalue weighted by Gasteiger charge is 2.12. The average molecular weight is 380 g/mol. The third-order valence-corrected chi connectivity index (χ3v) is 4.50. The fourth-order valence-electron chi connectivity index (χ4n) is 3.10. The minimum atomic E-state index is 0.594. The van der Waals surface area contributed by atoms with Crippen molar-refractivity contribution in [2.45, 2.75) is 0 Å². The first kappa shape index (κ1) is 18.3. The molecule has 4 N–H and O–H groups in total. The summed E-state index contributed by atoms with van der Waals surface area (Å²) in [6.45, 7) is 0. The van der Waals surface area contributed by atoms with Crippen LogP contribution in [0.1, 0.15) is 0 Å². The van der Waals surface area contributed by atoms with Crippen LogP contribution in [0.3, 0.4) is 0 Å². The normalized spacial score (nSPS) is 10.3. The van der Waals surface area contributed by atoms with E-state index in [1.165, 1.54) is 6.33 Å². The van der Waals surface area contributed by atoms with Crippen LogP contribution in [-0.2, 0) is 0 Å². The third kappa shape index (κ3) is 3.94. The van der Waals surface area contributed by atoms with Gasteiger partial charge in [0.05, 0.1) is 11.4 Å². The molecule has 0 saturated heterocycles. The molecule has 0 aliphatic rings. The van der Waals surface area contributed by atoms with Crippen molar-refractivity contribution in [3.8, 4) is 11.5 Å². The average Bonchev–Trinajstić information content (AvgIpc) is 2.79. The molecule has 1 aromatic heterocycles. The van der Waals surface area contributed by atoms with Crippen molar-refractivity contribution in [3.63, 3.8) is 0 Å². The fraction of sp³-hybridized carbons (Fsp3) is 0. The number of aromatic nitrogens is 2. The van der Waals surface area contributed by atoms with Gasteiger partial charge in [-0.3, -0.25) is 0 Å². The number of hydrogen-bond acceptors (Lipinski definition) is 5. The van der Waals surface area contributed by atoms with Gasteiger partial charge in [0, 0.05) is 23.2 Å². The summed E-state index contributed by atoms with van der Waals surface area (Å²) in [6.07, 6.45) is 4.88. The lowest BCUT2D eigenvalue weighted by Gasteiger charge is -2.15. The van der Waals surface area contributed by atoms with Crippen LogP contribution in [0, 0.1) is 0 Å². The first-order chi connectivity index (χ1) is 14.2. The predicted molar refractivity (Wildman–Crippen MR) is 119 cm³/mol. The molecule has 5 rings (SSSR count). The molecule has 5 heteroatoms. The molecule has 0 radical (unpaired) electrons. The van der Waals surface area contributed by atoms with Gasteiger partial charge >= 0.3 is 0 Å². The Morgan fingerprint density at radius 2 is 1.03 bits per heavy atom. The number of anilines is 2. The molecule has 0 aliphatic heterocycles. The zero-order valence-corrected chi connectivity index (χ0v) is 15.7. The number of nitrogens with zero attached hydrogens (tertiary/aromatic N) is 2. The second-order valence-corrected chi connectivity index (χ2v) is 6.42. The summed E-state index contributed by atoms with van der Waals surface area (Å²) in [5.41, 5.74) is 13.5. The van der Waals surface area contributed by atoms with Crippen molar-refractivity contribution in [3.05, 3.63) is 97.6 Å². The van der Waals surface area contributed by atoms with Crippen LogP contribution in [0.5, 0.6) is 11.5 Å². The molecular weight excluding hydrogens is 360 g/mol. The minimum Gasteiger partial charge on any atom is -0.452 e. The highest BCUT2D eigenvalue weighted by Crippen LogP contribution is 2.40. The molecule has 1 heterocycles. The van der Waals surface area contributed by atoms with Gasteiger partial charge in [-0.2, -0.15) is 0 Å². The Morgan fingerprint density at radius 1 is 0.552 bits per heavy atom. The highest BCUT2D eigenvalue weighted by atomic mass is 16.5. The van der Waals surface area contributed by atoms with Gasteiger partial charge in [-0.15, -0.1) is 0 Å². The summed E-state index contributed by atoms with van der Waals surface area (Å²) in [4.78, 5) is 7.35. The van der Waals surface area contributed by atoms with Crippen molar-refractivity contribution < 1.29 is 4.74 Å². The van der Waals surface area contributed by atoms with Crippen molar-refractivity contribution >= 4 is 32.9 Å². The number of hydrogen-bond donors (Lipinski definition) is 2. The van der Waals surface area contributed by atoms with E-state index in [1.807, 2.05) is 72.8 Å². The van der Waals surface area contributed by atoms with Gasteiger partial charge in [0.2, 0.25) is 0 Å². The highest BCUT2D eigenvalue weighted by molar-refractivity contribution is 5.96. The molecule has 0 atom stereocenters. The summed E-state index contributed by atoms with van der Waals surface area (Å²) in [6, 6.07) is 25.5. The van der Waals surface area contributed by atoms with Gasteiger partial charge in [-0.1, -0.05) is 60.7 Å². The van der Waals surface area contributed by atoms with Crippen LogP contribution < -0.4 is 16.2 Å². The zero-order valence-electron chi connectivity index (χ0n) is 15.7. The van der Waals surface area contributed by atoms with Gasteiger partial charge < -0.3 is 16.2 Å². The first-order valence-electron chi connectivity index (χ1n) is 9.16. The molecule has 142 valence electrons. The summed E-state index contributed by atoms with van der Waals surface area (Å²) in [5, 5.41) is 4.10. The molecule has 0 fully saturated rings. The van der Waals surface area contributed by atoms with Gasteiger partial charge in [-0.25, -0.2) is 9.97 Å². The maximum atomic E-state index is 6.22. The van der Waals surface area contributed by atoms with Gasteiger partial charge in [0.1, 0.15) is 6.33 Å². The molecule has 29 heavy (non-hydrogen) atoms. The summed E-state index contributed by atoms with van der Waals surface area (Å²) < 4.78 is 6.22. The van der Waals surface area contributed by atoms with Crippen LogP contribution in [0.15, 0.2) is 97.6 Å². The van der Waals surface area contributed by atoms with E-state index in [2.05, 4.69) is 9.97 Å². The van der Waals surface area contributed by atoms with Gasteiger partial charge in [0.15, 0.2) is 11.5 Å². The van der Waals surface area contributed by atoms with E-state index in [1.54, 1.807) is 18.5 Å². The molecule has 4 aromatic carbocycles. The van der Waals surface area contributed by atoms with Crippen molar-refractivity contribution in [1.29, 1.82) is 0 Å². The van der Waals surface area contributed by atoms with E-state index >= 15 is 0 Å². The topological polar surface area (TPSA) is 87.0 Å². The lowest BCUT2D eigenvalue weighted by atomic mass is 10.1. The lowest BCUT2D eigenvalue weighted by Crippen LogP contribution is -1.97. The molecule has 0 bridgehead atoms. The van der Waals surface area contributed by atoms with Crippen LogP contribution in [0.4, 0.5) is 11.4 Å². The number of nitrogens with two attached hydrogens (primary N) is 2. The second-order valence-electron chi connectivity index (χ2n) is 6.42. The van der Waals surface area contributed by atoms with Crippen LogP contribution in [0.2, 0.25) is 0 Å². The van der Waals surface area contributed by atoms with Gasteiger partial charge in [-0.05, 0) is 29.0 Å². The van der Waals surface area contributed by atoms with E-state index in [4.69, 9.17) is 16.2 Å². The van der Waals surface area contributed by atoms with E-state index in [0.29, 0.717) is 22.9 Å². The number of rotatable bonds is 2. The van der Waals surface area contributed by atoms with E-state index in [0.717, 1.165) is 21.5 Å². The summed E-state index contributed by atoms with van der Waals surface area (Å²) in [7, 11) is 0. The van der Waals surface area contributed by atoms with E-state index < -0.39 is 0 Å². The zero-order chi connectivity index (χ0) is 20.1. The van der Waals surface area contributed by atoms with E-state index in [9.17, 15) is 0 Å². The lowest BCUT2D eigenvalue weighted by molar-refractivity contribution is 0.499. The standard InChI is InChI=1S/C20H16N2O.C4H4N2/c21-17-11-9-13-5-1-3-7-15(13)19(17)23-20-16-8-4-2-6-14(16)10-12-18(20)22;1-2-5-4-6-3-1/h1-12H,21-22H2;1-4H. The maximum absolute atomic E-state index is 6.22. The van der Waals surface area contributed by atoms with Crippen LogP contribution in [0.25, 0.3) is 21.5 Å². The fourth-order valence-corrected chi connectivity index (χ4v) is 3.10. The Hall–Kier alpha value is -4.12. The van der Waals surface area contributed by atoms with E-state index in [-0.39, 0.29) is 0 Å². The molecule has 0 unspecified atom stereocenters. The monoisotopic (exact) mass is 380 g/mol. The Labute approximate surface area is 168 Å². The van der Waals surface area contributed by atoms with Gasteiger partial charge in [0.25, 0.3) is 0 Å². The first-order valence-corrected chi connectivity index (χ1v) is 9.16. The molecule has 0 amide bonds. The molecule has 0 saturated carbocycles. The maximum Gasteiger partial charge on any atom is 0.158 e. The Morgan fingerprint density at radius 3 is 1.45 bits per heavy atom. The smallest absolute Gasteiger partial charge is 0.158 e.